The number of nitrogens with one attached hydrogen (secondary N) is 3. The summed E-state index contributed by atoms with van der Waals surface area (Å²) in [5.74, 6) is 0.306. The number of methoxy groups -OCH3 is 1. The third kappa shape index (κ3) is 4.97. The monoisotopic (exact) mass is 365 g/mol. The standard InChI is InChI=1S/C21H23N3O3/c1-27-18-7-8-19-17(14-23-20(19)12-18)10-11-22-13-16-4-2-15(3-5-16)6-9-21(25)24-26/h2-9,12,14,22-23,26H,10-11,13H2,1H3,(H,24,25)/b9-6+. The number of hydrogen-bond donors (Lipinski definition) is 4. The minimum atomic E-state index is -0.545. The Balaban J connectivity index is 1.49. The van der Waals surface area contributed by atoms with E-state index >= 15 is 0 Å². The van der Waals surface area contributed by atoms with E-state index < -0.39 is 5.91 Å². The highest BCUT2D eigenvalue weighted by Gasteiger charge is 2.04. The summed E-state index contributed by atoms with van der Waals surface area (Å²) in [6.45, 7) is 1.65. The number of aromatic nitrogens is 1. The smallest absolute Gasteiger partial charge is 0.267 e. The van der Waals surface area contributed by atoms with Crippen molar-refractivity contribution >= 4 is 22.9 Å². The number of ether oxygens (including phenoxy) is 1. The zero-order valence-electron chi connectivity index (χ0n) is 15.2. The summed E-state index contributed by atoms with van der Waals surface area (Å²) in [5.41, 5.74) is 6.00. The van der Waals surface area contributed by atoms with Crippen LogP contribution in [0.3, 0.4) is 0 Å². The molecule has 0 aliphatic carbocycles. The summed E-state index contributed by atoms with van der Waals surface area (Å²) in [6, 6.07) is 14.0. The van der Waals surface area contributed by atoms with Gasteiger partial charge in [0.1, 0.15) is 5.75 Å². The van der Waals surface area contributed by atoms with E-state index in [4.69, 9.17) is 9.94 Å². The molecule has 0 unspecified atom stereocenters. The summed E-state index contributed by atoms with van der Waals surface area (Å²) in [4.78, 5) is 14.3. The van der Waals surface area contributed by atoms with Crippen LogP contribution in [0.15, 0.2) is 54.7 Å². The SMILES string of the molecule is COc1ccc2c(CCNCc3ccc(/C=C/C(=O)NO)cc3)c[nH]c2c1. The van der Waals surface area contributed by atoms with Crippen molar-refractivity contribution in [1.82, 2.24) is 15.8 Å². The predicted molar refractivity (Wildman–Crippen MR) is 106 cm³/mol. The molecule has 2 aromatic carbocycles. The fourth-order valence-electron chi connectivity index (χ4n) is 2.91. The predicted octanol–water partition coefficient (Wildman–Crippen LogP) is 3.03. The maximum absolute atomic E-state index is 11.0. The zero-order chi connectivity index (χ0) is 19.1. The van der Waals surface area contributed by atoms with E-state index in [1.165, 1.54) is 22.6 Å². The van der Waals surface area contributed by atoms with E-state index in [9.17, 15) is 4.79 Å². The van der Waals surface area contributed by atoms with E-state index in [1.54, 1.807) is 18.7 Å². The van der Waals surface area contributed by atoms with Gasteiger partial charge in [0.15, 0.2) is 0 Å². The summed E-state index contributed by atoms with van der Waals surface area (Å²) in [5, 5.41) is 13.1. The largest absolute Gasteiger partial charge is 0.497 e. The summed E-state index contributed by atoms with van der Waals surface area (Å²) in [7, 11) is 1.67. The molecule has 0 atom stereocenters. The lowest BCUT2D eigenvalue weighted by Crippen LogP contribution is -2.16. The van der Waals surface area contributed by atoms with Crippen LogP contribution < -0.4 is 15.5 Å². The lowest BCUT2D eigenvalue weighted by Gasteiger charge is -2.05. The Morgan fingerprint density at radius 3 is 2.78 bits per heavy atom. The van der Waals surface area contributed by atoms with Gasteiger partial charge in [-0.3, -0.25) is 10.0 Å². The third-order valence-electron chi connectivity index (χ3n) is 4.39. The number of aromatic amines is 1. The van der Waals surface area contributed by atoms with Crippen LogP contribution in [0.2, 0.25) is 0 Å². The highest BCUT2D eigenvalue weighted by atomic mass is 16.5. The molecule has 1 amide bonds. The molecule has 0 radical (unpaired) electrons. The molecule has 0 spiro atoms. The molecule has 3 rings (SSSR count). The number of H-pyrrole nitrogens is 1. The Bertz CT molecular complexity index is 929. The van der Waals surface area contributed by atoms with Gasteiger partial charge in [0, 0.05) is 35.8 Å². The number of carbonyl (C=O) groups excluding carboxylic acids is 1. The molecular weight excluding hydrogens is 342 g/mol. The average Bonchev–Trinajstić information content (AvgIpc) is 3.12. The molecule has 6 heteroatoms. The van der Waals surface area contributed by atoms with Gasteiger partial charge in [0.25, 0.3) is 5.91 Å². The molecule has 1 heterocycles. The highest BCUT2D eigenvalue weighted by molar-refractivity contribution is 5.90. The van der Waals surface area contributed by atoms with Crippen molar-refractivity contribution in [2.24, 2.45) is 0 Å². The highest BCUT2D eigenvalue weighted by Crippen LogP contribution is 2.23. The number of carbonyl (C=O) groups is 1. The third-order valence-corrected chi connectivity index (χ3v) is 4.39. The van der Waals surface area contributed by atoms with Gasteiger partial charge in [-0.2, -0.15) is 0 Å². The van der Waals surface area contributed by atoms with Crippen molar-refractivity contribution in [3.8, 4) is 5.75 Å². The van der Waals surface area contributed by atoms with Gasteiger partial charge in [0.2, 0.25) is 0 Å². The van der Waals surface area contributed by atoms with Crippen LogP contribution in [0.25, 0.3) is 17.0 Å². The van der Waals surface area contributed by atoms with E-state index in [0.717, 1.165) is 36.3 Å². The number of benzene rings is 2. The molecule has 0 fully saturated rings. The number of fused-ring (bicyclic) bond motifs is 1. The van der Waals surface area contributed by atoms with Gasteiger partial charge >= 0.3 is 0 Å². The van der Waals surface area contributed by atoms with Crippen LogP contribution in [-0.4, -0.2) is 29.8 Å². The Kier molecular flexibility index (Phi) is 6.25. The minimum Gasteiger partial charge on any atom is -0.497 e. The second-order valence-electron chi connectivity index (χ2n) is 6.20. The molecule has 4 N–H and O–H groups in total. The topological polar surface area (TPSA) is 86.4 Å². The van der Waals surface area contributed by atoms with Gasteiger partial charge < -0.3 is 15.0 Å². The molecule has 0 aliphatic rings. The van der Waals surface area contributed by atoms with E-state index in [1.807, 2.05) is 36.4 Å². The van der Waals surface area contributed by atoms with Gasteiger partial charge in [-0.05, 0) is 47.9 Å². The van der Waals surface area contributed by atoms with Crippen LogP contribution in [0.4, 0.5) is 0 Å². The molecule has 6 nitrogen and oxygen atoms in total. The van der Waals surface area contributed by atoms with Crippen molar-refractivity contribution in [2.75, 3.05) is 13.7 Å². The Morgan fingerprint density at radius 1 is 1.22 bits per heavy atom. The summed E-state index contributed by atoms with van der Waals surface area (Å²) in [6.07, 6.45) is 5.91. The Labute approximate surface area is 157 Å². The zero-order valence-corrected chi connectivity index (χ0v) is 15.2. The number of hydrogen-bond acceptors (Lipinski definition) is 4. The molecule has 140 valence electrons. The molecule has 0 saturated heterocycles. The van der Waals surface area contributed by atoms with Crippen LogP contribution in [0, 0.1) is 0 Å². The maximum atomic E-state index is 11.0. The number of hydroxylamine groups is 1. The van der Waals surface area contributed by atoms with Gasteiger partial charge in [-0.1, -0.05) is 24.3 Å². The minimum absolute atomic E-state index is 0.545. The molecular formula is C21H23N3O3. The van der Waals surface area contributed by atoms with Crippen molar-refractivity contribution < 1.29 is 14.7 Å². The van der Waals surface area contributed by atoms with Crippen LogP contribution in [0.1, 0.15) is 16.7 Å². The normalized spacial score (nSPS) is 11.2. The summed E-state index contributed by atoms with van der Waals surface area (Å²) >= 11 is 0. The van der Waals surface area contributed by atoms with Crippen molar-refractivity contribution in [3.05, 3.63) is 71.4 Å². The second kappa shape index (κ2) is 9.02. The van der Waals surface area contributed by atoms with Gasteiger partial charge in [-0.15, -0.1) is 0 Å². The van der Waals surface area contributed by atoms with Gasteiger partial charge in [-0.25, -0.2) is 5.48 Å². The van der Waals surface area contributed by atoms with Crippen LogP contribution >= 0.6 is 0 Å². The van der Waals surface area contributed by atoms with Crippen molar-refractivity contribution in [2.45, 2.75) is 13.0 Å². The second-order valence-corrected chi connectivity index (χ2v) is 6.20. The summed E-state index contributed by atoms with van der Waals surface area (Å²) < 4.78 is 5.25. The molecule has 0 saturated carbocycles. The molecule has 1 aromatic heterocycles. The molecule has 27 heavy (non-hydrogen) atoms. The Hall–Kier alpha value is -3.09. The lowest BCUT2D eigenvalue weighted by atomic mass is 10.1. The van der Waals surface area contributed by atoms with Crippen molar-refractivity contribution in [1.29, 1.82) is 0 Å². The number of amides is 1. The molecule has 0 aliphatic heterocycles. The lowest BCUT2D eigenvalue weighted by molar-refractivity contribution is -0.124. The fraction of sp³-hybridized carbons (Fsp3) is 0.190. The first-order chi connectivity index (χ1) is 13.2. The van der Waals surface area contributed by atoms with E-state index in [0.29, 0.717) is 0 Å². The first-order valence-corrected chi connectivity index (χ1v) is 8.75. The quantitative estimate of drug-likeness (QED) is 0.214. The average molecular weight is 365 g/mol. The molecule has 3 aromatic rings. The van der Waals surface area contributed by atoms with Crippen LogP contribution in [0.5, 0.6) is 5.75 Å². The van der Waals surface area contributed by atoms with Crippen molar-refractivity contribution in [3.63, 3.8) is 0 Å². The maximum Gasteiger partial charge on any atom is 0.267 e. The number of rotatable bonds is 8. The Morgan fingerprint density at radius 2 is 2.04 bits per heavy atom. The van der Waals surface area contributed by atoms with E-state index in [-0.39, 0.29) is 0 Å². The van der Waals surface area contributed by atoms with Gasteiger partial charge in [0.05, 0.1) is 7.11 Å². The van der Waals surface area contributed by atoms with E-state index in [2.05, 4.69) is 22.6 Å². The fourth-order valence-corrected chi connectivity index (χ4v) is 2.91. The first-order valence-electron chi connectivity index (χ1n) is 8.75. The molecule has 0 bridgehead atoms. The van der Waals surface area contributed by atoms with Crippen LogP contribution in [-0.2, 0) is 17.8 Å². The first kappa shape index (κ1) is 18.7.